The number of ether oxygens (including phenoxy) is 1. The van der Waals surface area contributed by atoms with Crippen LogP contribution in [0, 0.1) is 5.82 Å². The molecule has 8 nitrogen and oxygen atoms in total. The molecule has 5 rings (SSSR count). The molecule has 2 aliphatic heterocycles. The highest BCUT2D eigenvalue weighted by molar-refractivity contribution is 6.08. The number of nitrogens with one attached hydrogen (secondary N) is 2. The van der Waals surface area contributed by atoms with Crippen LogP contribution in [-0.2, 0) is 11.2 Å². The fraction of sp³-hybridized carbons (Fsp3) is 0.357. The molecule has 1 saturated heterocycles. The Balaban J connectivity index is 1.58. The summed E-state index contributed by atoms with van der Waals surface area (Å²) in [4.78, 5) is 33.9. The zero-order valence-corrected chi connectivity index (χ0v) is 21.0. The van der Waals surface area contributed by atoms with E-state index in [1.54, 1.807) is 36.1 Å². The van der Waals surface area contributed by atoms with Gasteiger partial charge in [-0.1, -0.05) is 18.2 Å². The number of hydrogen-bond donors (Lipinski definition) is 3. The molecular weight excluding hydrogens is 475 g/mol. The van der Waals surface area contributed by atoms with Crippen molar-refractivity contribution in [3.05, 3.63) is 71.7 Å². The summed E-state index contributed by atoms with van der Waals surface area (Å²) in [5.74, 6) is -0.608. The van der Waals surface area contributed by atoms with E-state index in [0.717, 1.165) is 23.9 Å². The van der Waals surface area contributed by atoms with Gasteiger partial charge in [0.25, 0.3) is 5.91 Å². The first-order valence-electron chi connectivity index (χ1n) is 12.4. The number of imide groups is 1. The zero-order valence-electron chi connectivity index (χ0n) is 21.0. The number of methoxy groups -OCH3 is 1. The summed E-state index contributed by atoms with van der Waals surface area (Å²) in [6, 6.07) is 8.63. The molecule has 2 atom stereocenters. The minimum absolute atomic E-state index is 0.0515. The minimum Gasteiger partial charge on any atom is -0.508 e. The van der Waals surface area contributed by atoms with Gasteiger partial charge in [0, 0.05) is 35.6 Å². The van der Waals surface area contributed by atoms with E-state index < -0.39 is 17.4 Å². The third-order valence-corrected chi connectivity index (χ3v) is 7.39. The van der Waals surface area contributed by atoms with Gasteiger partial charge in [0.15, 0.2) is 11.6 Å². The third kappa shape index (κ3) is 4.03. The Bertz CT molecular complexity index is 1390. The molecule has 0 spiro atoms. The van der Waals surface area contributed by atoms with Crippen molar-refractivity contribution in [2.24, 2.45) is 0 Å². The van der Waals surface area contributed by atoms with Gasteiger partial charge in [-0.05, 0) is 62.2 Å². The molecule has 3 N–H and O–H groups in total. The molecule has 1 aromatic heterocycles. The van der Waals surface area contributed by atoms with Crippen LogP contribution in [0.2, 0.25) is 0 Å². The van der Waals surface area contributed by atoms with E-state index >= 15 is 0 Å². The second kappa shape index (κ2) is 9.55. The van der Waals surface area contributed by atoms with Crippen LogP contribution in [0.1, 0.15) is 42.6 Å². The number of benzene rings is 2. The van der Waals surface area contributed by atoms with Crippen molar-refractivity contribution in [1.29, 1.82) is 0 Å². The van der Waals surface area contributed by atoms with Gasteiger partial charge in [0.2, 0.25) is 0 Å². The minimum atomic E-state index is -1.15. The van der Waals surface area contributed by atoms with Gasteiger partial charge < -0.3 is 20.1 Å². The van der Waals surface area contributed by atoms with Crippen LogP contribution in [0.25, 0.3) is 10.9 Å². The van der Waals surface area contributed by atoms with Gasteiger partial charge in [-0.25, -0.2) is 9.18 Å². The average molecular weight is 507 g/mol. The predicted octanol–water partition coefficient (Wildman–Crippen LogP) is 4.25. The topological polar surface area (TPSA) is 97.9 Å². The lowest BCUT2D eigenvalue weighted by atomic mass is 9.81. The number of urea groups is 1. The molecule has 3 aromatic rings. The lowest BCUT2D eigenvalue weighted by Gasteiger charge is -2.42. The largest absolute Gasteiger partial charge is 0.508 e. The van der Waals surface area contributed by atoms with E-state index in [-0.39, 0.29) is 29.9 Å². The Labute approximate surface area is 214 Å². The monoisotopic (exact) mass is 506 g/mol. The second-order valence-electron chi connectivity index (χ2n) is 9.79. The first kappa shape index (κ1) is 24.8. The van der Waals surface area contributed by atoms with Crippen molar-refractivity contribution in [3.63, 3.8) is 0 Å². The number of amides is 3. The number of halogens is 1. The van der Waals surface area contributed by atoms with Crippen molar-refractivity contribution in [1.82, 2.24) is 20.1 Å². The number of aromatic nitrogens is 1. The Morgan fingerprint density at radius 2 is 2.11 bits per heavy atom. The van der Waals surface area contributed by atoms with Gasteiger partial charge in [-0.3, -0.25) is 14.6 Å². The first-order chi connectivity index (χ1) is 17.8. The number of rotatable bonds is 9. The van der Waals surface area contributed by atoms with E-state index in [9.17, 15) is 19.1 Å². The average Bonchev–Trinajstić information content (AvgIpc) is 3.30. The van der Waals surface area contributed by atoms with E-state index in [0.29, 0.717) is 36.3 Å². The standard InChI is InChI=1S/C28H31FN4O4/c1-4-5-10-30-11-7-12-32-26(35)28(2)16-20-19-14-23(37-3)21(29)15-22(19)31-24(20)25(33(28)27(32)36)17-8-6-9-18(34)13-17/h4,6,8-9,13-15,25,30-31,34H,1,5,7,10-12,16H2,2-3H3/t25-,28+/m1/s1. The second-order valence-corrected chi connectivity index (χ2v) is 9.79. The number of H-pyrrole nitrogens is 1. The summed E-state index contributed by atoms with van der Waals surface area (Å²) >= 11 is 0. The third-order valence-electron chi connectivity index (χ3n) is 7.39. The van der Waals surface area contributed by atoms with E-state index in [1.807, 2.05) is 12.1 Å². The quantitative estimate of drug-likeness (QED) is 0.229. The van der Waals surface area contributed by atoms with E-state index in [1.165, 1.54) is 18.1 Å². The Morgan fingerprint density at radius 3 is 2.84 bits per heavy atom. The Morgan fingerprint density at radius 1 is 1.30 bits per heavy atom. The summed E-state index contributed by atoms with van der Waals surface area (Å²) < 4.78 is 19.8. The highest BCUT2D eigenvalue weighted by Gasteiger charge is 2.60. The van der Waals surface area contributed by atoms with Crippen molar-refractivity contribution in [3.8, 4) is 11.5 Å². The number of carbonyl (C=O) groups is 2. The van der Waals surface area contributed by atoms with Crippen molar-refractivity contribution in [2.75, 3.05) is 26.7 Å². The number of phenols is 1. The van der Waals surface area contributed by atoms with E-state index in [4.69, 9.17) is 4.74 Å². The summed E-state index contributed by atoms with van der Waals surface area (Å²) in [6.45, 7) is 7.25. The fourth-order valence-corrected chi connectivity index (χ4v) is 5.60. The molecule has 9 heteroatoms. The van der Waals surface area contributed by atoms with Gasteiger partial charge in [0.05, 0.1) is 7.11 Å². The maximum Gasteiger partial charge on any atom is 0.328 e. The summed E-state index contributed by atoms with van der Waals surface area (Å²) in [5.41, 5.74) is 1.59. The van der Waals surface area contributed by atoms with E-state index in [2.05, 4.69) is 16.9 Å². The maximum absolute atomic E-state index is 14.5. The van der Waals surface area contributed by atoms with Gasteiger partial charge in [-0.15, -0.1) is 6.58 Å². The highest BCUT2D eigenvalue weighted by atomic mass is 19.1. The number of phenolic OH excluding ortho intramolecular Hbond substituents is 1. The van der Waals surface area contributed by atoms with Crippen molar-refractivity contribution < 1.29 is 23.8 Å². The Kier molecular flexibility index (Phi) is 6.41. The molecule has 194 valence electrons. The number of nitrogens with zero attached hydrogens (tertiary/aromatic N) is 2. The van der Waals surface area contributed by atoms with Gasteiger partial charge in [0.1, 0.15) is 17.3 Å². The number of hydrogen-bond acceptors (Lipinski definition) is 5. The Hall–Kier alpha value is -3.85. The lowest BCUT2D eigenvalue weighted by Crippen LogP contribution is -2.53. The molecule has 1 fully saturated rings. The van der Waals surface area contributed by atoms with Crippen LogP contribution in [0.4, 0.5) is 9.18 Å². The molecule has 0 aliphatic carbocycles. The van der Waals surface area contributed by atoms with Crippen LogP contribution in [0.3, 0.4) is 0 Å². The number of aromatic amines is 1. The predicted molar refractivity (Wildman–Crippen MR) is 138 cm³/mol. The lowest BCUT2D eigenvalue weighted by molar-refractivity contribution is -0.133. The molecule has 0 saturated carbocycles. The summed E-state index contributed by atoms with van der Waals surface area (Å²) in [5, 5.41) is 14.3. The van der Waals surface area contributed by atoms with Crippen LogP contribution in [-0.4, -0.2) is 64.1 Å². The molecule has 2 aliphatic rings. The molecule has 37 heavy (non-hydrogen) atoms. The van der Waals surface area contributed by atoms with Gasteiger partial charge in [-0.2, -0.15) is 0 Å². The van der Waals surface area contributed by atoms with Crippen LogP contribution in [0.15, 0.2) is 49.1 Å². The molecule has 0 unspecified atom stereocenters. The van der Waals surface area contributed by atoms with Crippen LogP contribution >= 0.6 is 0 Å². The summed E-state index contributed by atoms with van der Waals surface area (Å²) in [7, 11) is 1.41. The van der Waals surface area contributed by atoms with Crippen LogP contribution < -0.4 is 10.1 Å². The molecule has 3 heterocycles. The van der Waals surface area contributed by atoms with Crippen molar-refractivity contribution in [2.45, 2.75) is 37.8 Å². The zero-order chi connectivity index (χ0) is 26.3. The highest BCUT2D eigenvalue weighted by Crippen LogP contribution is 2.49. The van der Waals surface area contributed by atoms with Crippen molar-refractivity contribution >= 4 is 22.8 Å². The molecule has 0 radical (unpaired) electrons. The molecular formula is C28H31FN4O4. The van der Waals surface area contributed by atoms with Crippen LogP contribution in [0.5, 0.6) is 11.5 Å². The summed E-state index contributed by atoms with van der Waals surface area (Å²) in [6.07, 6.45) is 3.58. The van der Waals surface area contributed by atoms with Gasteiger partial charge >= 0.3 is 6.03 Å². The SMILES string of the molecule is C=CCCNCCCN1C(=O)N2[C@H](c3cccc(O)c3)c3[nH]c4cc(F)c(OC)cc4c3C[C@@]2(C)C1=O. The molecule has 2 aromatic carbocycles. The maximum atomic E-state index is 14.5. The fourth-order valence-electron chi connectivity index (χ4n) is 5.60. The number of aromatic hydroxyl groups is 1. The number of fused-ring (bicyclic) bond motifs is 4. The molecule has 3 amide bonds. The smallest absolute Gasteiger partial charge is 0.328 e. The first-order valence-corrected chi connectivity index (χ1v) is 12.4. The normalized spacial score (nSPS) is 20.9. The molecule has 0 bridgehead atoms. The number of carbonyl (C=O) groups excluding carboxylic acids is 2.